The lowest BCUT2D eigenvalue weighted by atomic mass is 10.2. The van der Waals surface area contributed by atoms with Gasteiger partial charge in [0, 0.05) is 38.6 Å². The van der Waals surface area contributed by atoms with E-state index in [2.05, 4.69) is 10.3 Å². The number of hydrogen-bond acceptors (Lipinski definition) is 4. The number of rotatable bonds is 6. The molecule has 3 rings (SSSR count). The summed E-state index contributed by atoms with van der Waals surface area (Å²) in [5.74, 6) is -0.0976. The quantitative estimate of drug-likeness (QED) is 0.685. The normalized spacial score (nSPS) is 11.1. The number of benzene rings is 1. The first-order valence-electron chi connectivity index (χ1n) is 8.51. The van der Waals surface area contributed by atoms with Gasteiger partial charge in [0.25, 0.3) is 5.56 Å². The Morgan fingerprint density at radius 3 is 2.67 bits per heavy atom. The predicted molar refractivity (Wildman–Crippen MR) is 103 cm³/mol. The van der Waals surface area contributed by atoms with Crippen LogP contribution in [0, 0.1) is 0 Å². The second-order valence-corrected chi connectivity index (χ2v) is 6.69. The molecule has 0 radical (unpaired) electrons. The predicted octanol–water partition coefficient (Wildman–Crippen LogP) is 1.18. The van der Waals surface area contributed by atoms with Crippen LogP contribution in [-0.4, -0.2) is 24.6 Å². The number of aryl methyl sites for hydroxylation is 2. The largest absolute Gasteiger partial charge is 0.352 e. The Kier molecular flexibility index (Phi) is 5.46. The van der Waals surface area contributed by atoms with Gasteiger partial charge < -0.3 is 9.88 Å². The van der Waals surface area contributed by atoms with Crippen molar-refractivity contribution in [3.8, 4) is 0 Å². The highest BCUT2D eigenvalue weighted by molar-refractivity contribution is 6.31. The zero-order chi connectivity index (χ0) is 19.6. The third kappa shape index (κ3) is 3.80. The first-order valence-corrected chi connectivity index (χ1v) is 8.89. The van der Waals surface area contributed by atoms with Crippen molar-refractivity contribution in [1.29, 1.82) is 0 Å². The Morgan fingerprint density at radius 2 is 1.93 bits per heavy atom. The number of amides is 1. The van der Waals surface area contributed by atoms with Crippen LogP contribution < -0.4 is 16.6 Å². The summed E-state index contributed by atoms with van der Waals surface area (Å²) >= 11 is 6.07. The lowest BCUT2D eigenvalue weighted by Gasteiger charge is -2.08. The molecule has 0 aliphatic carbocycles. The van der Waals surface area contributed by atoms with Crippen LogP contribution in [0.15, 0.2) is 40.2 Å². The molecule has 3 aromatic rings. The highest BCUT2D eigenvalue weighted by Gasteiger charge is 2.14. The molecule has 0 aliphatic rings. The minimum atomic E-state index is -0.420. The number of aromatic nitrogens is 4. The highest BCUT2D eigenvalue weighted by atomic mass is 35.5. The first-order chi connectivity index (χ1) is 12.9. The molecule has 142 valence electrons. The molecule has 0 atom stereocenters. The van der Waals surface area contributed by atoms with Crippen molar-refractivity contribution in [3.63, 3.8) is 0 Å². The van der Waals surface area contributed by atoms with E-state index in [-0.39, 0.29) is 5.91 Å². The standard InChI is InChI=1S/C18H20ClN5O3/c1-22-16-15(17(26)23(2)18(22)27)24(11-21-16)9-5-8-14(25)20-10-12-6-3-4-7-13(12)19/h3-4,6-7,11H,5,8-10H2,1-2H3,(H,20,25). The number of nitrogens with one attached hydrogen (secondary N) is 1. The number of nitrogens with zero attached hydrogens (tertiary/aromatic N) is 4. The van der Waals surface area contributed by atoms with Gasteiger partial charge in [0.05, 0.1) is 6.33 Å². The molecule has 0 unspecified atom stereocenters. The number of halogens is 1. The van der Waals surface area contributed by atoms with Crippen LogP contribution in [0.4, 0.5) is 0 Å². The molecule has 1 amide bonds. The van der Waals surface area contributed by atoms with Crippen molar-refractivity contribution in [1.82, 2.24) is 24.0 Å². The van der Waals surface area contributed by atoms with Gasteiger partial charge in [-0.15, -0.1) is 0 Å². The lowest BCUT2D eigenvalue weighted by molar-refractivity contribution is -0.121. The molecular formula is C18H20ClN5O3. The van der Waals surface area contributed by atoms with E-state index in [1.807, 2.05) is 18.2 Å². The van der Waals surface area contributed by atoms with E-state index >= 15 is 0 Å². The average molecular weight is 390 g/mol. The topological polar surface area (TPSA) is 90.9 Å². The van der Waals surface area contributed by atoms with E-state index in [1.165, 1.54) is 17.9 Å². The van der Waals surface area contributed by atoms with Crippen molar-refractivity contribution < 1.29 is 4.79 Å². The number of carbonyl (C=O) groups excluding carboxylic acids is 1. The van der Waals surface area contributed by atoms with Gasteiger partial charge in [0.1, 0.15) is 0 Å². The Bertz CT molecular complexity index is 1110. The molecule has 0 fully saturated rings. The molecule has 0 bridgehead atoms. The van der Waals surface area contributed by atoms with Crippen LogP contribution in [0.5, 0.6) is 0 Å². The molecule has 27 heavy (non-hydrogen) atoms. The molecule has 9 heteroatoms. The number of fused-ring (bicyclic) bond motifs is 1. The maximum absolute atomic E-state index is 12.4. The van der Waals surface area contributed by atoms with Crippen LogP contribution >= 0.6 is 11.6 Å². The Hall–Kier alpha value is -2.87. The number of hydrogen-bond donors (Lipinski definition) is 1. The monoisotopic (exact) mass is 389 g/mol. The van der Waals surface area contributed by atoms with Gasteiger partial charge in [-0.3, -0.25) is 18.7 Å². The van der Waals surface area contributed by atoms with Crippen molar-refractivity contribution in [2.45, 2.75) is 25.9 Å². The summed E-state index contributed by atoms with van der Waals surface area (Å²) in [6, 6.07) is 7.34. The fourth-order valence-electron chi connectivity index (χ4n) is 2.90. The van der Waals surface area contributed by atoms with E-state index in [9.17, 15) is 14.4 Å². The van der Waals surface area contributed by atoms with Crippen LogP contribution in [0.3, 0.4) is 0 Å². The number of imidazole rings is 1. The van der Waals surface area contributed by atoms with Gasteiger partial charge in [-0.05, 0) is 18.1 Å². The van der Waals surface area contributed by atoms with E-state index in [1.54, 1.807) is 17.7 Å². The molecular weight excluding hydrogens is 370 g/mol. The minimum Gasteiger partial charge on any atom is -0.352 e. The van der Waals surface area contributed by atoms with E-state index < -0.39 is 11.2 Å². The van der Waals surface area contributed by atoms with E-state index in [4.69, 9.17) is 11.6 Å². The Balaban J connectivity index is 1.63. The SMILES string of the molecule is Cn1c(=O)c2c(ncn2CCCC(=O)NCc2ccccc2Cl)n(C)c1=O. The maximum atomic E-state index is 12.4. The molecule has 0 spiro atoms. The van der Waals surface area contributed by atoms with Crippen molar-refractivity contribution in [3.05, 3.63) is 62.0 Å². The van der Waals surface area contributed by atoms with Crippen LogP contribution in [-0.2, 0) is 32.0 Å². The lowest BCUT2D eigenvalue weighted by Crippen LogP contribution is -2.37. The molecule has 1 N–H and O–H groups in total. The van der Waals surface area contributed by atoms with Gasteiger partial charge in [-0.25, -0.2) is 9.78 Å². The average Bonchev–Trinajstić information content (AvgIpc) is 3.08. The molecule has 0 aliphatic heterocycles. The summed E-state index contributed by atoms with van der Waals surface area (Å²) in [7, 11) is 3.01. The summed E-state index contributed by atoms with van der Waals surface area (Å²) in [6.07, 6.45) is 2.36. The summed E-state index contributed by atoms with van der Waals surface area (Å²) in [6.45, 7) is 0.818. The third-order valence-corrected chi connectivity index (χ3v) is 4.82. The molecule has 0 saturated heterocycles. The van der Waals surface area contributed by atoms with Crippen LogP contribution in [0.1, 0.15) is 18.4 Å². The number of carbonyl (C=O) groups is 1. The van der Waals surface area contributed by atoms with Crippen molar-refractivity contribution >= 4 is 28.7 Å². The highest BCUT2D eigenvalue weighted by Crippen LogP contribution is 2.14. The van der Waals surface area contributed by atoms with E-state index in [0.717, 1.165) is 10.1 Å². The van der Waals surface area contributed by atoms with Gasteiger partial charge in [-0.2, -0.15) is 0 Å². The fraction of sp³-hybridized carbons (Fsp3) is 0.333. The summed E-state index contributed by atoms with van der Waals surface area (Å²) in [5.41, 5.74) is 0.741. The van der Waals surface area contributed by atoms with Gasteiger partial charge >= 0.3 is 5.69 Å². The van der Waals surface area contributed by atoms with Crippen LogP contribution in [0.2, 0.25) is 5.02 Å². The molecule has 2 aromatic heterocycles. The molecule has 0 saturated carbocycles. The maximum Gasteiger partial charge on any atom is 0.332 e. The van der Waals surface area contributed by atoms with Crippen LogP contribution in [0.25, 0.3) is 11.2 Å². The minimum absolute atomic E-state index is 0.0976. The molecule has 8 nitrogen and oxygen atoms in total. The second kappa shape index (κ2) is 7.79. The second-order valence-electron chi connectivity index (χ2n) is 6.29. The smallest absolute Gasteiger partial charge is 0.332 e. The van der Waals surface area contributed by atoms with Crippen molar-refractivity contribution in [2.24, 2.45) is 14.1 Å². The Morgan fingerprint density at radius 1 is 1.19 bits per heavy atom. The summed E-state index contributed by atoms with van der Waals surface area (Å²) in [4.78, 5) is 40.5. The van der Waals surface area contributed by atoms with Gasteiger partial charge in [-0.1, -0.05) is 29.8 Å². The first kappa shape index (κ1) is 18.9. The zero-order valence-electron chi connectivity index (χ0n) is 15.1. The van der Waals surface area contributed by atoms with Gasteiger partial charge in [0.15, 0.2) is 11.2 Å². The summed E-state index contributed by atoms with van der Waals surface area (Å²) in [5, 5.41) is 3.45. The van der Waals surface area contributed by atoms with Gasteiger partial charge in [0.2, 0.25) is 5.91 Å². The molecule has 2 heterocycles. The third-order valence-electron chi connectivity index (χ3n) is 4.45. The zero-order valence-corrected chi connectivity index (χ0v) is 15.9. The Labute approximate surface area is 160 Å². The fourth-order valence-corrected chi connectivity index (χ4v) is 3.10. The summed E-state index contributed by atoms with van der Waals surface area (Å²) < 4.78 is 4.07. The van der Waals surface area contributed by atoms with E-state index in [0.29, 0.717) is 42.1 Å². The van der Waals surface area contributed by atoms with Crippen molar-refractivity contribution in [2.75, 3.05) is 0 Å². The molecule has 1 aromatic carbocycles.